The van der Waals surface area contributed by atoms with E-state index in [-0.39, 0.29) is 17.4 Å². The van der Waals surface area contributed by atoms with Gasteiger partial charge in [0, 0.05) is 11.1 Å². The highest BCUT2D eigenvalue weighted by atomic mass is 16.5. The summed E-state index contributed by atoms with van der Waals surface area (Å²) in [6.45, 7) is 8.81. The van der Waals surface area contributed by atoms with Crippen molar-refractivity contribution in [2.45, 2.75) is 44.9 Å². The van der Waals surface area contributed by atoms with Crippen LogP contribution in [0.5, 0.6) is 5.75 Å². The van der Waals surface area contributed by atoms with Gasteiger partial charge in [-0.3, -0.25) is 4.79 Å². The zero-order valence-electron chi connectivity index (χ0n) is 16.3. The number of benzene rings is 2. The fourth-order valence-electron chi connectivity index (χ4n) is 4.29. The SMILES string of the molecule is CC(C)Oc1ccc(/C=C/C23NC(=O)CN2c2ccccc2C3(C)C)cc1. The molecule has 2 heterocycles. The largest absolute Gasteiger partial charge is 0.491 e. The van der Waals surface area contributed by atoms with Crippen molar-refractivity contribution in [1.29, 1.82) is 0 Å². The Balaban J connectivity index is 1.69. The van der Waals surface area contributed by atoms with Crippen LogP contribution in [0, 0.1) is 0 Å². The lowest BCUT2D eigenvalue weighted by Gasteiger charge is -2.40. The highest BCUT2D eigenvalue weighted by Crippen LogP contribution is 2.52. The Hall–Kier alpha value is -2.75. The minimum Gasteiger partial charge on any atom is -0.491 e. The maximum atomic E-state index is 12.3. The van der Waals surface area contributed by atoms with Crippen molar-refractivity contribution in [3.8, 4) is 5.75 Å². The second-order valence-corrected chi connectivity index (χ2v) is 8.11. The van der Waals surface area contributed by atoms with Crippen molar-refractivity contribution in [2.24, 2.45) is 0 Å². The van der Waals surface area contributed by atoms with Gasteiger partial charge < -0.3 is 15.0 Å². The number of anilines is 1. The Morgan fingerprint density at radius 2 is 1.81 bits per heavy atom. The fourth-order valence-corrected chi connectivity index (χ4v) is 4.29. The lowest BCUT2D eigenvalue weighted by molar-refractivity contribution is -0.118. The van der Waals surface area contributed by atoms with E-state index in [4.69, 9.17) is 4.74 Å². The predicted molar refractivity (Wildman–Crippen MR) is 109 cm³/mol. The number of nitrogens with one attached hydrogen (secondary N) is 1. The quantitative estimate of drug-likeness (QED) is 0.890. The first-order valence-electron chi connectivity index (χ1n) is 9.48. The first-order valence-corrected chi connectivity index (χ1v) is 9.48. The standard InChI is InChI=1S/C23H26N2O2/c1-16(2)27-18-11-9-17(10-12-18)13-14-23-22(3,4)19-7-5-6-8-20(19)25(23)15-21(26)24-23/h5-14,16H,15H2,1-4H3,(H,24,26)/b14-13+. The van der Waals surface area contributed by atoms with Crippen LogP contribution < -0.4 is 15.0 Å². The van der Waals surface area contributed by atoms with Crippen molar-refractivity contribution < 1.29 is 9.53 Å². The van der Waals surface area contributed by atoms with Crippen molar-refractivity contribution in [1.82, 2.24) is 5.32 Å². The molecule has 4 nitrogen and oxygen atoms in total. The molecule has 2 aliphatic rings. The molecule has 2 aromatic carbocycles. The maximum Gasteiger partial charge on any atom is 0.241 e. The molecule has 1 saturated heterocycles. The number of nitrogens with zero attached hydrogens (tertiary/aromatic N) is 1. The van der Waals surface area contributed by atoms with Crippen LogP contribution in [0.4, 0.5) is 5.69 Å². The Morgan fingerprint density at radius 3 is 2.52 bits per heavy atom. The average molecular weight is 362 g/mol. The summed E-state index contributed by atoms with van der Waals surface area (Å²) in [6, 6.07) is 16.4. The van der Waals surface area contributed by atoms with Gasteiger partial charge in [-0.15, -0.1) is 0 Å². The lowest BCUT2D eigenvalue weighted by Crippen LogP contribution is -2.58. The molecule has 0 saturated carbocycles. The molecule has 0 bridgehead atoms. The van der Waals surface area contributed by atoms with Crippen LogP contribution in [-0.4, -0.2) is 24.2 Å². The summed E-state index contributed by atoms with van der Waals surface area (Å²) >= 11 is 0. The van der Waals surface area contributed by atoms with Gasteiger partial charge in [0.25, 0.3) is 0 Å². The summed E-state index contributed by atoms with van der Waals surface area (Å²) in [5.41, 5.74) is 2.67. The summed E-state index contributed by atoms with van der Waals surface area (Å²) in [5.74, 6) is 0.924. The van der Waals surface area contributed by atoms with Gasteiger partial charge in [-0.05, 0) is 49.2 Å². The Kier molecular flexibility index (Phi) is 4.02. The molecule has 1 unspecified atom stereocenters. The molecule has 0 aromatic heterocycles. The van der Waals surface area contributed by atoms with Crippen LogP contribution in [0.3, 0.4) is 0 Å². The van der Waals surface area contributed by atoms with Crippen LogP contribution in [0.25, 0.3) is 6.08 Å². The Labute approximate surface area is 160 Å². The second kappa shape index (κ2) is 6.15. The molecule has 1 atom stereocenters. The summed E-state index contributed by atoms with van der Waals surface area (Å²) < 4.78 is 5.72. The molecular formula is C23H26N2O2. The third kappa shape index (κ3) is 2.71. The minimum absolute atomic E-state index is 0.0582. The van der Waals surface area contributed by atoms with Gasteiger partial charge in [0.05, 0.1) is 12.6 Å². The molecule has 2 aromatic rings. The van der Waals surface area contributed by atoms with E-state index in [1.165, 1.54) is 5.56 Å². The summed E-state index contributed by atoms with van der Waals surface area (Å²) in [7, 11) is 0. The van der Waals surface area contributed by atoms with E-state index in [9.17, 15) is 4.79 Å². The van der Waals surface area contributed by atoms with Crippen LogP contribution in [-0.2, 0) is 10.2 Å². The van der Waals surface area contributed by atoms with Crippen LogP contribution >= 0.6 is 0 Å². The molecule has 1 N–H and O–H groups in total. The summed E-state index contributed by atoms with van der Waals surface area (Å²) in [5, 5.41) is 3.25. The molecule has 0 radical (unpaired) electrons. The maximum absolute atomic E-state index is 12.3. The predicted octanol–water partition coefficient (Wildman–Crippen LogP) is 4.11. The van der Waals surface area contributed by atoms with E-state index < -0.39 is 5.66 Å². The van der Waals surface area contributed by atoms with E-state index in [0.717, 1.165) is 17.0 Å². The van der Waals surface area contributed by atoms with Gasteiger partial charge in [0.15, 0.2) is 0 Å². The molecule has 4 rings (SSSR count). The average Bonchev–Trinajstić information content (AvgIpc) is 3.06. The van der Waals surface area contributed by atoms with Gasteiger partial charge in [0.1, 0.15) is 11.4 Å². The number of para-hydroxylation sites is 1. The summed E-state index contributed by atoms with van der Waals surface area (Å²) in [4.78, 5) is 14.5. The zero-order chi connectivity index (χ0) is 19.2. The van der Waals surface area contributed by atoms with Crippen LogP contribution in [0.15, 0.2) is 54.6 Å². The van der Waals surface area contributed by atoms with Crippen molar-refractivity contribution >= 4 is 17.7 Å². The Morgan fingerprint density at radius 1 is 1.11 bits per heavy atom. The van der Waals surface area contributed by atoms with Crippen LogP contribution in [0.1, 0.15) is 38.8 Å². The van der Waals surface area contributed by atoms with Gasteiger partial charge >= 0.3 is 0 Å². The number of amides is 1. The van der Waals surface area contributed by atoms with Gasteiger partial charge in [-0.25, -0.2) is 0 Å². The van der Waals surface area contributed by atoms with Crippen molar-refractivity contribution in [3.63, 3.8) is 0 Å². The van der Waals surface area contributed by atoms with Gasteiger partial charge in [-0.2, -0.15) is 0 Å². The van der Waals surface area contributed by atoms with E-state index in [2.05, 4.69) is 54.4 Å². The second-order valence-electron chi connectivity index (χ2n) is 8.11. The number of rotatable bonds is 4. The molecule has 1 amide bonds. The molecule has 27 heavy (non-hydrogen) atoms. The highest BCUT2D eigenvalue weighted by molar-refractivity contribution is 5.91. The number of hydrogen-bond donors (Lipinski definition) is 1. The first kappa shape index (κ1) is 17.7. The third-order valence-corrected chi connectivity index (χ3v) is 5.65. The number of carbonyl (C=O) groups is 1. The van der Waals surface area contributed by atoms with E-state index in [0.29, 0.717) is 6.54 Å². The van der Waals surface area contributed by atoms with E-state index >= 15 is 0 Å². The monoisotopic (exact) mass is 362 g/mol. The smallest absolute Gasteiger partial charge is 0.241 e. The topological polar surface area (TPSA) is 41.6 Å². The fraction of sp³-hybridized carbons (Fsp3) is 0.348. The molecule has 0 aliphatic carbocycles. The number of ether oxygens (including phenoxy) is 1. The highest BCUT2D eigenvalue weighted by Gasteiger charge is 2.59. The number of carbonyl (C=O) groups excluding carboxylic acids is 1. The van der Waals surface area contributed by atoms with Crippen molar-refractivity contribution in [2.75, 3.05) is 11.4 Å². The third-order valence-electron chi connectivity index (χ3n) is 5.65. The number of hydrogen-bond acceptors (Lipinski definition) is 3. The zero-order valence-corrected chi connectivity index (χ0v) is 16.3. The van der Waals surface area contributed by atoms with Gasteiger partial charge in [0.2, 0.25) is 5.91 Å². The first-order chi connectivity index (χ1) is 12.8. The molecule has 1 fully saturated rings. The molecule has 2 aliphatic heterocycles. The van der Waals surface area contributed by atoms with Crippen LogP contribution in [0.2, 0.25) is 0 Å². The normalized spacial score (nSPS) is 22.9. The molecular weight excluding hydrogens is 336 g/mol. The lowest BCUT2D eigenvalue weighted by atomic mass is 9.75. The Bertz CT molecular complexity index is 899. The number of fused-ring (bicyclic) bond motifs is 3. The molecule has 0 spiro atoms. The van der Waals surface area contributed by atoms with E-state index in [1.54, 1.807) is 0 Å². The molecule has 140 valence electrons. The van der Waals surface area contributed by atoms with Crippen molar-refractivity contribution in [3.05, 3.63) is 65.7 Å². The van der Waals surface area contributed by atoms with Gasteiger partial charge in [-0.1, -0.05) is 50.3 Å². The minimum atomic E-state index is -0.555. The summed E-state index contributed by atoms with van der Waals surface area (Å²) in [6.07, 6.45) is 4.38. The van der Waals surface area contributed by atoms with E-state index in [1.807, 2.05) is 44.2 Å². The molecule has 4 heteroatoms.